The average Bonchev–Trinajstić information content (AvgIpc) is 2.50. The Hall–Kier alpha value is -1.71. The number of unbranched alkanes of at least 4 members (excludes halogenated alkanes) is 3. The topological polar surface area (TPSA) is 47.6 Å². The van der Waals surface area contributed by atoms with E-state index in [1.54, 1.807) is 7.11 Å². The molecule has 0 fully saturated rings. The van der Waals surface area contributed by atoms with E-state index in [0.29, 0.717) is 6.61 Å². The molecule has 0 bridgehead atoms. The molecule has 0 saturated carbocycles. The summed E-state index contributed by atoms with van der Waals surface area (Å²) in [5, 5.41) is 3.26. The molecular formula is C17H27NO3. The van der Waals surface area contributed by atoms with Crippen LogP contribution in [0.1, 0.15) is 46.0 Å². The summed E-state index contributed by atoms with van der Waals surface area (Å²) in [6.45, 7) is 4.42. The standard InChI is InChI=1S/C17H27NO3/c1-4-6-7-8-12-16(17(19)21-5-2)18-14-10-9-11-15(13-14)20-3/h9-11,13,16,18H,4-8,12H2,1-3H3. The molecule has 1 atom stereocenters. The van der Waals surface area contributed by atoms with Gasteiger partial charge in [0.1, 0.15) is 11.8 Å². The van der Waals surface area contributed by atoms with Crippen molar-refractivity contribution in [3.8, 4) is 5.75 Å². The van der Waals surface area contributed by atoms with E-state index in [1.165, 1.54) is 12.8 Å². The summed E-state index contributed by atoms with van der Waals surface area (Å²) in [4.78, 5) is 12.0. The van der Waals surface area contributed by atoms with Crippen LogP contribution in [0.3, 0.4) is 0 Å². The smallest absolute Gasteiger partial charge is 0.328 e. The molecule has 0 heterocycles. The van der Waals surface area contributed by atoms with E-state index in [0.717, 1.165) is 30.7 Å². The number of anilines is 1. The Morgan fingerprint density at radius 3 is 2.71 bits per heavy atom. The van der Waals surface area contributed by atoms with Crippen LogP contribution < -0.4 is 10.1 Å². The average molecular weight is 293 g/mol. The largest absolute Gasteiger partial charge is 0.497 e. The van der Waals surface area contributed by atoms with Crippen LogP contribution in [0.4, 0.5) is 5.69 Å². The summed E-state index contributed by atoms with van der Waals surface area (Å²) in [6.07, 6.45) is 5.35. The third-order valence-corrected chi connectivity index (χ3v) is 3.33. The summed E-state index contributed by atoms with van der Waals surface area (Å²) in [7, 11) is 1.63. The number of rotatable bonds is 10. The van der Waals surface area contributed by atoms with E-state index in [4.69, 9.17) is 9.47 Å². The molecule has 0 aromatic heterocycles. The van der Waals surface area contributed by atoms with Gasteiger partial charge in [0.05, 0.1) is 13.7 Å². The minimum Gasteiger partial charge on any atom is -0.497 e. The van der Waals surface area contributed by atoms with E-state index in [-0.39, 0.29) is 12.0 Å². The Kier molecular flexibility index (Phi) is 8.32. The number of hydrogen-bond donors (Lipinski definition) is 1. The SMILES string of the molecule is CCCCCCC(Nc1cccc(OC)c1)C(=O)OCC. The van der Waals surface area contributed by atoms with Gasteiger partial charge in [0, 0.05) is 11.8 Å². The molecule has 0 amide bonds. The van der Waals surface area contributed by atoms with Gasteiger partial charge in [-0.25, -0.2) is 4.79 Å². The van der Waals surface area contributed by atoms with Crippen molar-refractivity contribution in [1.82, 2.24) is 0 Å². The van der Waals surface area contributed by atoms with Crippen molar-refractivity contribution < 1.29 is 14.3 Å². The van der Waals surface area contributed by atoms with Crippen LogP contribution in [0.15, 0.2) is 24.3 Å². The van der Waals surface area contributed by atoms with Gasteiger partial charge < -0.3 is 14.8 Å². The quantitative estimate of drug-likeness (QED) is 0.523. The second kappa shape index (κ2) is 10.1. The highest BCUT2D eigenvalue weighted by Gasteiger charge is 2.19. The zero-order valence-electron chi connectivity index (χ0n) is 13.4. The molecule has 1 N–H and O–H groups in total. The summed E-state index contributed by atoms with van der Waals surface area (Å²) >= 11 is 0. The monoisotopic (exact) mass is 293 g/mol. The van der Waals surface area contributed by atoms with Crippen molar-refractivity contribution in [3.05, 3.63) is 24.3 Å². The zero-order chi connectivity index (χ0) is 15.5. The van der Waals surface area contributed by atoms with E-state index in [9.17, 15) is 4.79 Å². The molecule has 1 unspecified atom stereocenters. The Balaban J connectivity index is 2.63. The molecule has 1 aromatic carbocycles. The Bertz CT molecular complexity index is 420. The van der Waals surface area contributed by atoms with Crippen molar-refractivity contribution in [3.63, 3.8) is 0 Å². The maximum Gasteiger partial charge on any atom is 0.328 e. The van der Waals surface area contributed by atoms with Gasteiger partial charge in [-0.05, 0) is 25.5 Å². The maximum absolute atomic E-state index is 12.0. The first kappa shape index (κ1) is 17.3. The molecular weight excluding hydrogens is 266 g/mol. The summed E-state index contributed by atoms with van der Waals surface area (Å²) < 4.78 is 10.4. The zero-order valence-corrected chi connectivity index (χ0v) is 13.4. The maximum atomic E-state index is 12.0. The van der Waals surface area contributed by atoms with E-state index in [1.807, 2.05) is 31.2 Å². The van der Waals surface area contributed by atoms with Gasteiger partial charge in [0.2, 0.25) is 0 Å². The lowest BCUT2D eigenvalue weighted by Gasteiger charge is -2.18. The number of carbonyl (C=O) groups is 1. The first-order valence-corrected chi connectivity index (χ1v) is 7.78. The van der Waals surface area contributed by atoms with Crippen molar-refractivity contribution in [1.29, 1.82) is 0 Å². The highest BCUT2D eigenvalue weighted by Crippen LogP contribution is 2.19. The van der Waals surface area contributed by atoms with Crippen LogP contribution in [0.5, 0.6) is 5.75 Å². The lowest BCUT2D eigenvalue weighted by molar-refractivity contribution is -0.144. The molecule has 0 aliphatic carbocycles. The number of methoxy groups -OCH3 is 1. The normalized spacial score (nSPS) is 11.8. The van der Waals surface area contributed by atoms with Crippen LogP contribution >= 0.6 is 0 Å². The Labute approximate surface area is 127 Å². The van der Waals surface area contributed by atoms with Crippen molar-refractivity contribution in [2.75, 3.05) is 19.0 Å². The fraction of sp³-hybridized carbons (Fsp3) is 0.588. The second-order valence-electron chi connectivity index (χ2n) is 5.03. The van der Waals surface area contributed by atoms with Crippen LogP contribution in [0.25, 0.3) is 0 Å². The highest BCUT2D eigenvalue weighted by molar-refractivity contribution is 5.79. The fourth-order valence-electron chi connectivity index (χ4n) is 2.18. The minimum absolute atomic E-state index is 0.184. The Morgan fingerprint density at radius 1 is 1.24 bits per heavy atom. The van der Waals surface area contributed by atoms with Gasteiger partial charge in [-0.1, -0.05) is 38.7 Å². The van der Waals surface area contributed by atoms with Crippen LogP contribution in [-0.2, 0) is 9.53 Å². The van der Waals surface area contributed by atoms with Crippen molar-refractivity contribution in [2.45, 2.75) is 52.0 Å². The van der Waals surface area contributed by atoms with E-state index in [2.05, 4.69) is 12.2 Å². The number of carbonyl (C=O) groups excluding carboxylic acids is 1. The van der Waals surface area contributed by atoms with Crippen LogP contribution in [0.2, 0.25) is 0 Å². The van der Waals surface area contributed by atoms with Gasteiger partial charge in [-0.3, -0.25) is 0 Å². The molecule has 0 aliphatic rings. The van der Waals surface area contributed by atoms with Gasteiger partial charge in [-0.15, -0.1) is 0 Å². The molecule has 4 heteroatoms. The molecule has 0 saturated heterocycles. The van der Waals surface area contributed by atoms with E-state index >= 15 is 0 Å². The molecule has 0 spiro atoms. The van der Waals surface area contributed by atoms with Gasteiger partial charge in [0.25, 0.3) is 0 Å². The molecule has 21 heavy (non-hydrogen) atoms. The fourth-order valence-corrected chi connectivity index (χ4v) is 2.18. The number of hydrogen-bond acceptors (Lipinski definition) is 4. The van der Waals surface area contributed by atoms with Crippen molar-refractivity contribution in [2.24, 2.45) is 0 Å². The lowest BCUT2D eigenvalue weighted by atomic mass is 10.1. The predicted molar refractivity (Wildman–Crippen MR) is 85.8 cm³/mol. The molecule has 0 radical (unpaired) electrons. The summed E-state index contributed by atoms with van der Waals surface area (Å²) in [6, 6.07) is 7.31. The lowest BCUT2D eigenvalue weighted by Crippen LogP contribution is -2.31. The molecule has 4 nitrogen and oxygen atoms in total. The first-order valence-electron chi connectivity index (χ1n) is 7.78. The minimum atomic E-state index is -0.297. The Morgan fingerprint density at radius 2 is 2.05 bits per heavy atom. The van der Waals surface area contributed by atoms with Gasteiger partial charge in [-0.2, -0.15) is 0 Å². The molecule has 118 valence electrons. The number of esters is 1. The van der Waals surface area contributed by atoms with Crippen LogP contribution in [0, 0.1) is 0 Å². The summed E-state index contributed by atoms with van der Waals surface area (Å²) in [5.74, 6) is 0.588. The summed E-state index contributed by atoms with van der Waals surface area (Å²) in [5.41, 5.74) is 0.878. The number of benzene rings is 1. The van der Waals surface area contributed by atoms with E-state index < -0.39 is 0 Å². The van der Waals surface area contributed by atoms with Gasteiger partial charge >= 0.3 is 5.97 Å². The first-order chi connectivity index (χ1) is 10.2. The van der Waals surface area contributed by atoms with Crippen LogP contribution in [-0.4, -0.2) is 25.7 Å². The van der Waals surface area contributed by atoms with Crippen molar-refractivity contribution >= 4 is 11.7 Å². The molecule has 0 aliphatic heterocycles. The molecule has 1 rings (SSSR count). The second-order valence-corrected chi connectivity index (χ2v) is 5.03. The van der Waals surface area contributed by atoms with Gasteiger partial charge in [0.15, 0.2) is 0 Å². The third kappa shape index (κ3) is 6.52. The molecule has 1 aromatic rings. The number of nitrogens with one attached hydrogen (secondary N) is 1. The highest BCUT2D eigenvalue weighted by atomic mass is 16.5. The predicted octanol–water partition coefficient (Wildman–Crippen LogP) is 4.01. The number of ether oxygens (including phenoxy) is 2. The third-order valence-electron chi connectivity index (χ3n) is 3.33.